The molecular formula is C15H28N2O4S. The van der Waals surface area contributed by atoms with Gasteiger partial charge in [-0.2, -0.15) is 0 Å². The van der Waals surface area contributed by atoms with Gasteiger partial charge in [-0.1, -0.05) is 13.8 Å². The first-order valence-electron chi connectivity index (χ1n) is 8.14. The van der Waals surface area contributed by atoms with E-state index in [1.165, 1.54) is 0 Å². The summed E-state index contributed by atoms with van der Waals surface area (Å²) in [5.41, 5.74) is 0. The molecule has 2 fully saturated rings. The molecule has 1 atom stereocenters. The van der Waals surface area contributed by atoms with E-state index >= 15 is 0 Å². The molecule has 1 unspecified atom stereocenters. The average molecular weight is 332 g/mol. The van der Waals surface area contributed by atoms with E-state index in [1.807, 2.05) is 13.8 Å². The third kappa shape index (κ3) is 5.52. The van der Waals surface area contributed by atoms with Crippen molar-refractivity contribution in [3.05, 3.63) is 0 Å². The lowest BCUT2D eigenvalue weighted by molar-refractivity contribution is -0.130. The number of carbonyl (C=O) groups excluding carboxylic acids is 1. The molecule has 2 saturated heterocycles. The van der Waals surface area contributed by atoms with Crippen LogP contribution in [0.5, 0.6) is 0 Å². The fourth-order valence-electron chi connectivity index (χ4n) is 3.12. The van der Waals surface area contributed by atoms with Gasteiger partial charge in [0.05, 0.1) is 12.4 Å². The number of piperazine rings is 1. The van der Waals surface area contributed by atoms with Crippen LogP contribution in [0.1, 0.15) is 20.3 Å². The Labute approximate surface area is 133 Å². The molecule has 2 aliphatic heterocycles. The SMILES string of the molecule is CC(C)CS(=O)(=O)CC(=O)N1CCN(CC2CCOC2)CC1. The van der Waals surface area contributed by atoms with Crippen molar-refractivity contribution in [1.82, 2.24) is 9.80 Å². The van der Waals surface area contributed by atoms with Crippen molar-refractivity contribution in [3.63, 3.8) is 0 Å². The number of nitrogens with zero attached hydrogens (tertiary/aromatic N) is 2. The highest BCUT2D eigenvalue weighted by Crippen LogP contribution is 2.15. The fraction of sp³-hybridized carbons (Fsp3) is 0.933. The van der Waals surface area contributed by atoms with Crippen LogP contribution in [0, 0.1) is 11.8 Å². The molecule has 0 aromatic rings. The highest BCUT2D eigenvalue weighted by molar-refractivity contribution is 7.92. The van der Waals surface area contributed by atoms with Crippen LogP contribution in [0.25, 0.3) is 0 Å². The Morgan fingerprint density at radius 1 is 1.23 bits per heavy atom. The van der Waals surface area contributed by atoms with Gasteiger partial charge < -0.3 is 9.64 Å². The number of rotatable bonds is 6. The second-order valence-corrected chi connectivity index (χ2v) is 8.97. The molecule has 0 N–H and O–H groups in total. The number of hydrogen-bond donors (Lipinski definition) is 0. The lowest BCUT2D eigenvalue weighted by Gasteiger charge is -2.35. The molecule has 7 heteroatoms. The van der Waals surface area contributed by atoms with Crippen molar-refractivity contribution >= 4 is 15.7 Å². The van der Waals surface area contributed by atoms with Crippen LogP contribution in [0.4, 0.5) is 0 Å². The molecule has 1 amide bonds. The van der Waals surface area contributed by atoms with Crippen LogP contribution < -0.4 is 0 Å². The first kappa shape index (κ1) is 17.7. The van der Waals surface area contributed by atoms with Gasteiger partial charge >= 0.3 is 0 Å². The van der Waals surface area contributed by atoms with Crippen molar-refractivity contribution in [1.29, 1.82) is 0 Å². The van der Waals surface area contributed by atoms with E-state index in [0.29, 0.717) is 19.0 Å². The second-order valence-electron chi connectivity index (χ2n) is 6.86. The van der Waals surface area contributed by atoms with Gasteiger partial charge in [0.15, 0.2) is 9.84 Å². The minimum atomic E-state index is -3.28. The van der Waals surface area contributed by atoms with E-state index in [4.69, 9.17) is 4.74 Å². The van der Waals surface area contributed by atoms with Crippen molar-refractivity contribution in [2.75, 3.05) is 57.4 Å². The summed E-state index contributed by atoms with van der Waals surface area (Å²) in [6.07, 6.45) is 1.12. The third-order valence-electron chi connectivity index (χ3n) is 4.20. The number of ether oxygens (including phenoxy) is 1. The largest absolute Gasteiger partial charge is 0.381 e. The molecule has 2 rings (SSSR count). The van der Waals surface area contributed by atoms with Gasteiger partial charge in [-0.05, 0) is 18.3 Å². The van der Waals surface area contributed by atoms with Crippen molar-refractivity contribution in [3.8, 4) is 0 Å². The van der Waals surface area contributed by atoms with Gasteiger partial charge in [-0.25, -0.2) is 8.42 Å². The van der Waals surface area contributed by atoms with Crippen LogP contribution >= 0.6 is 0 Å². The third-order valence-corrected chi connectivity index (χ3v) is 6.06. The first-order valence-corrected chi connectivity index (χ1v) is 9.96. The van der Waals surface area contributed by atoms with Crippen LogP contribution in [0.3, 0.4) is 0 Å². The minimum absolute atomic E-state index is 0.0586. The normalized spacial score (nSPS) is 24.1. The molecule has 2 aliphatic rings. The highest BCUT2D eigenvalue weighted by atomic mass is 32.2. The topological polar surface area (TPSA) is 66.9 Å². The van der Waals surface area contributed by atoms with Gasteiger partial charge in [0.2, 0.25) is 5.91 Å². The van der Waals surface area contributed by atoms with E-state index in [-0.39, 0.29) is 23.3 Å². The second kappa shape index (κ2) is 7.75. The maximum atomic E-state index is 12.2. The van der Waals surface area contributed by atoms with Gasteiger partial charge in [0, 0.05) is 39.3 Å². The van der Waals surface area contributed by atoms with Crippen molar-refractivity contribution in [2.24, 2.45) is 11.8 Å². The number of hydrogen-bond acceptors (Lipinski definition) is 5. The number of sulfone groups is 1. The minimum Gasteiger partial charge on any atom is -0.381 e. The molecule has 6 nitrogen and oxygen atoms in total. The van der Waals surface area contributed by atoms with Gasteiger partial charge in [0.25, 0.3) is 0 Å². The smallest absolute Gasteiger partial charge is 0.237 e. The summed E-state index contributed by atoms with van der Waals surface area (Å²) in [6.45, 7) is 9.34. The molecule has 0 saturated carbocycles. The zero-order chi connectivity index (χ0) is 16.2. The highest BCUT2D eigenvalue weighted by Gasteiger charge is 2.27. The van der Waals surface area contributed by atoms with E-state index in [0.717, 1.165) is 39.3 Å². The predicted octanol–water partition coefficient (Wildman–Crippen LogP) is 0.238. The van der Waals surface area contributed by atoms with E-state index in [9.17, 15) is 13.2 Å². The van der Waals surface area contributed by atoms with E-state index in [1.54, 1.807) is 4.90 Å². The molecule has 0 aromatic heterocycles. The Balaban J connectivity index is 1.74. The molecule has 128 valence electrons. The van der Waals surface area contributed by atoms with Gasteiger partial charge in [-0.15, -0.1) is 0 Å². The van der Waals surface area contributed by atoms with Crippen molar-refractivity contribution in [2.45, 2.75) is 20.3 Å². The molecule has 0 aliphatic carbocycles. The number of carbonyl (C=O) groups is 1. The summed E-state index contributed by atoms with van der Waals surface area (Å²) in [4.78, 5) is 16.2. The first-order chi connectivity index (χ1) is 10.4. The predicted molar refractivity (Wildman–Crippen MR) is 85.4 cm³/mol. The van der Waals surface area contributed by atoms with Crippen LogP contribution in [0.2, 0.25) is 0 Å². The monoisotopic (exact) mass is 332 g/mol. The lowest BCUT2D eigenvalue weighted by atomic mass is 10.1. The summed E-state index contributed by atoms with van der Waals surface area (Å²) in [5, 5.41) is 0. The zero-order valence-electron chi connectivity index (χ0n) is 13.7. The fourth-order valence-corrected chi connectivity index (χ4v) is 4.81. The number of amides is 1. The van der Waals surface area contributed by atoms with Crippen LogP contribution in [0.15, 0.2) is 0 Å². The molecule has 22 heavy (non-hydrogen) atoms. The van der Waals surface area contributed by atoms with Gasteiger partial charge in [0.1, 0.15) is 5.75 Å². The molecule has 0 aromatic carbocycles. The average Bonchev–Trinajstić information content (AvgIpc) is 2.90. The summed E-state index contributed by atoms with van der Waals surface area (Å²) in [5.74, 6) is 0.156. The molecular weight excluding hydrogens is 304 g/mol. The molecule has 0 bridgehead atoms. The van der Waals surface area contributed by atoms with Crippen molar-refractivity contribution < 1.29 is 17.9 Å². The van der Waals surface area contributed by atoms with Crippen LogP contribution in [-0.2, 0) is 19.4 Å². The summed E-state index contributed by atoms with van der Waals surface area (Å²) >= 11 is 0. The Morgan fingerprint density at radius 2 is 1.91 bits per heavy atom. The Bertz CT molecular complexity index is 464. The molecule has 2 heterocycles. The quantitative estimate of drug-likeness (QED) is 0.697. The standard InChI is InChI=1S/C15H28N2O4S/c1-13(2)11-22(19,20)12-15(18)17-6-4-16(5-7-17)9-14-3-8-21-10-14/h13-14H,3-12H2,1-2H3. The lowest BCUT2D eigenvalue weighted by Crippen LogP contribution is -2.51. The van der Waals surface area contributed by atoms with Gasteiger partial charge in [-0.3, -0.25) is 9.69 Å². The molecule has 0 spiro atoms. The Morgan fingerprint density at radius 3 is 2.45 bits per heavy atom. The Kier molecular flexibility index (Phi) is 6.23. The maximum absolute atomic E-state index is 12.2. The summed E-state index contributed by atoms with van der Waals surface area (Å²) in [6, 6.07) is 0. The molecule has 0 radical (unpaired) electrons. The van der Waals surface area contributed by atoms with Crippen LogP contribution in [-0.4, -0.2) is 81.6 Å². The maximum Gasteiger partial charge on any atom is 0.237 e. The summed E-state index contributed by atoms with van der Waals surface area (Å²) in [7, 11) is -3.28. The Hall–Kier alpha value is -0.660. The zero-order valence-corrected chi connectivity index (χ0v) is 14.5. The summed E-state index contributed by atoms with van der Waals surface area (Å²) < 4.78 is 29.2. The van der Waals surface area contributed by atoms with E-state index in [2.05, 4.69) is 4.90 Å². The van der Waals surface area contributed by atoms with E-state index < -0.39 is 9.84 Å².